The van der Waals surface area contributed by atoms with Gasteiger partial charge in [0.25, 0.3) is 5.91 Å². The molecule has 0 radical (unpaired) electrons. The highest BCUT2D eigenvalue weighted by Gasteiger charge is 2.40. The number of ketones is 1. The summed E-state index contributed by atoms with van der Waals surface area (Å²) in [5.74, 6) is -4.65. The first-order valence-electron chi connectivity index (χ1n) is 13.4. The molecule has 210 valence electrons. The number of carbonyl (C=O) groups excluding carboxylic acids is 4. The van der Waals surface area contributed by atoms with Crippen molar-refractivity contribution in [3.8, 4) is 5.75 Å². The lowest BCUT2D eigenvalue weighted by atomic mass is 9.87. The Morgan fingerprint density at radius 1 is 1.08 bits per heavy atom. The molecule has 9 heteroatoms. The third-order valence-corrected chi connectivity index (χ3v) is 7.45. The number of ether oxygens (including phenoxy) is 1. The molecule has 4 N–H and O–H groups in total. The molecule has 7 atom stereocenters. The molecule has 0 saturated carbocycles. The Hall–Kier alpha value is -3.72. The van der Waals surface area contributed by atoms with Crippen LogP contribution in [0.15, 0.2) is 54.6 Å². The minimum Gasteiger partial charge on any atom is -0.507 e. The number of aromatic hydroxyl groups is 1. The number of rotatable bonds is 6. The molecule has 2 aromatic rings. The number of hydrogen-bond donors (Lipinski definition) is 4. The second-order valence-electron chi connectivity index (χ2n) is 10.4. The number of benzene rings is 2. The Kier molecular flexibility index (Phi) is 10.2. The van der Waals surface area contributed by atoms with Crippen LogP contribution < -0.4 is 10.6 Å². The minimum absolute atomic E-state index is 0.0177. The fraction of sp³-hybridized carbons (Fsp3) is 0.467. The van der Waals surface area contributed by atoms with Crippen LogP contribution in [0.5, 0.6) is 5.75 Å². The molecule has 0 bridgehead atoms. The summed E-state index contributed by atoms with van der Waals surface area (Å²) >= 11 is 0. The first-order chi connectivity index (χ1) is 18.5. The van der Waals surface area contributed by atoms with Gasteiger partial charge in [-0.25, -0.2) is 0 Å². The normalized spacial score (nSPS) is 27.4. The smallest absolute Gasteiger partial charge is 0.312 e. The van der Waals surface area contributed by atoms with E-state index >= 15 is 0 Å². The van der Waals surface area contributed by atoms with Crippen LogP contribution in [0.1, 0.15) is 56.5 Å². The highest BCUT2D eigenvalue weighted by molar-refractivity contribution is 6.00. The molecular formula is C30H38N2O7. The Bertz CT molecular complexity index is 1170. The standard InChI is InChI=1S/C30H38N2O7/c1-5-17(2)27-24(34)15-18(3)25(32-28(36)21-13-9-10-14-23(21)33)29(37)31-22(16-20-11-7-6-8-12-20)26(35)19(4)30(38)39-27/h6-14,17-19,22,25-27,33,35H,5,15-16H2,1-4H3,(H,31,37)(H,32,36)/t17?,18-,19+,22-,25-,26-,27?/m0/s1. The number of hydrogen-bond acceptors (Lipinski definition) is 7. The second kappa shape index (κ2) is 13.4. The van der Waals surface area contributed by atoms with Crippen LogP contribution in [0.3, 0.4) is 0 Å². The second-order valence-corrected chi connectivity index (χ2v) is 10.4. The van der Waals surface area contributed by atoms with E-state index in [1.807, 2.05) is 37.3 Å². The minimum atomic E-state index is -1.33. The van der Waals surface area contributed by atoms with Crippen molar-refractivity contribution >= 4 is 23.6 Å². The van der Waals surface area contributed by atoms with Crippen molar-refractivity contribution in [1.82, 2.24) is 10.6 Å². The van der Waals surface area contributed by atoms with Gasteiger partial charge in [0.1, 0.15) is 11.8 Å². The third kappa shape index (κ3) is 7.44. The highest BCUT2D eigenvalue weighted by atomic mass is 16.5. The average molecular weight is 539 g/mol. The molecule has 1 aliphatic heterocycles. The van der Waals surface area contributed by atoms with E-state index in [2.05, 4.69) is 10.6 Å². The monoisotopic (exact) mass is 538 g/mol. The van der Waals surface area contributed by atoms with E-state index < -0.39 is 53.9 Å². The number of para-hydroxylation sites is 1. The van der Waals surface area contributed by atoms with Gasteiger partial charge in [0.2, 0.25) is 5.91 Å². The zero-order valence-corrected chi connectivity index (χ0v) is 22.8. The van der Waals surface area contributed by atoms with E-state index in [0.29, 0.717) is 6.42 Å². The number of aliphatic hydroxyl groups excluding tert-OH is 1. The number of phenols is 1. The Morgan fingerprint density at radius 3 is 2.36 bits per heavy atom. The summed E-state index contributed by atoms with van der Waals surface area (Å²) in [4.78, 5) is 53.1. The van der Waals surface area contributed by atoms with Gasteiger partial charge < -0.3 is 25.6 Å². The first-order valence-corrected chi connectivity index (χ1v) is 13.4. The van der Waals surface area contributed by atoms with Gasteiger partial charge in [-0.1, -0.05) is 63.2 Å². The molecule has 0 aromatic heterocycles. The van der Waals surface area contributed by atoms with Crippen molar-refractivity contribution in [2.75, 3.05) is 0 Å². The van der Waals surface area contributed by atoms with Gasteiger partial charge in [-0.05, 0) is 43.4 Å². The quantitative estimate of drug-likeness (QED) is 0.414. The molecule has 39 heavy (non-hydrogen) atoms. The van der Waals surface area contributed by atoms with E-state index in [-0.39, 0.29) is 35.9 Å². The van der Waals surface area contributed by atoms with Crippen molar-refractivity contribution in [1.29, 1.82) is 0 Å². The van der Waals surface area contributed by atoms with Crippen LogP contribution in [0.25, 0.3) is 0 Å². The lowest BCUT2D eigenvalue weighted by Crippen LogP contribution is -2.57. The molecule has 0 spiro atoms. The number of carbonyl (C=O) groups is 4. The van der Waals surface area contributed by atoms with Crippen molar-refractivity contribution in [2.45, 2.75) is 71.2 Å². The lowest BCUT2D eigenvalue weighted by Gasteiger charge is -2.34. The number of esters is 1. The zero-order valence-electron chi connectivity index (χ0n) is 22.8. The van der Waals surface area contributed by atoms with Crippen LogP contribution in [0, 0.1) is 17.8 Å². The molecule has 2 amide bonds. The number of nitrogens with one attached hydrogen (secondary N) is 2. The molecule has 9 nitrogen and oxygen atoms in total. The maximum absolute atomic E-state index is 13.7. The van der Waals surface area contributed by atoms with Crippen LogP contribution in [-0.4, -0.2) is 58.1 Å². The summed E-state index contributed by atoms with van der Waals surface area (Å²) in [6.45, 7) is 6.83. The number of cyclic esters (lactones) is 1. The largest absolute Gasteiger partial charge is 0.507 e. The van der Waals surface area contributed by atoms with Crippen molar-refractivity contribution < 1.29 is 34.1 Å². The fourth-order valence-electron chi connectivity index (χ4n) is 4.73. The third-order valence-electron chi connectivity index (χ3n) is 7.45. The van der Waals surface area contributed by atoms with E-state index in [0.717, 1.165) is 5.56 Å². The molecular weight excluding hydrogens is 500 g/mol. The van der Waals surface area contributed by atoms with Crippen LogP contribution in [-0.2, 0) is 25.5 Å². The average Bonchev–Trinajstić information content (AvgIpc) is 2.92. The SMILES string of the molecule is CCC(C)C1OC(=O)[C@H](C)[C@H](O)[C@H](Cc2ccccc2)NC(=O)[C@@H](NC(=O)c2ccccc2O)[C@@H](C)CC1=O. The lowest BCUT2D eigenvalue weighted by molar-refractivity contribution is -0.166. The summed E-state index contributed by atoms with van der Waals surface area (Å²) < 4.78 is 5.66. The Morgan fingerprint density at radius 2 is 1.72 bits per heavy atom. The van der Waals surface area contributed by atoms with E-state index in [9.17, 15) is 29.4 Å². The number of Topliss-reactive ketones (excluding diaryl/α,β-unsaturated/α-hetero) is 1. The number of aliphatic hydroxyl groups is 1. The van der Waals surface area contributed by atoms with Crippen molar-refractivity contribution in [2.24, 2.45) is 17.8 Å². The predicted octanol–water partition coefficient (Wildman–Crippen LogP) is 2.78. The summed E-state index contributed by atoms with van der Waals surface area (Å²) in [7, 11) is 0. The molecule has 1 fully saturated rings. The first kappa shape index (κ1) is 29.8. The van der Waals surface area contributed by atoms with E-state index in [1.54, 1.807) is 26.0 Å². The van der Waals surface area contributed by atoms with Crippen LogP contribution in [0.2, 0.25) is 0 Å². The van der Waals surface area contributed by atoms with Crippen LogP contribution >= 0.6 is 0 Å². The molecule has 1 aliphatic rings. The number of amides is 2. The summed E-state index contributed by atoms with van der Waals surface area (Å²) in [6, 6.07) is 13.1. The van der Waals surface area contributed by atoms with Gasteiger partial charge in [0.05, 0.1) is 23.6 Å². The van der Waals surface area contributed by atoms with Gasteiger partial charge in [-0.3, -0.25) is 19.2 Å². The fourth-order valence-corrected chi connectivity index (χ4v) is 4.73. The van der Waals surface area contributed by atoms with E-state index in [4.69, 9.17) is 4.74 Å². The van der Waals surface area contributed by atoms with Crippen LogP contribution in [0.4, 0.5) is 0 Å². The van der Waals surface area contributed by atoms with Crippen molar-refractivity contribution in [3.05, 3.63) is 65.7 Å². The Balaban J connectivity index is 2.00. The zero-order chi connectivity index (χ0) is 28.7. The molecule has 0 aliphatic carbocycles. The Labute approximate surface area is 228 Å². The maximum Gasteiger partial charge on any atom is 0.312 e. The van der Waals surface area contributed by atoms with E-state index in [1.165, 1.54) is 19.1 Å². The number of phenolic OH excluding ortho intramolecular Hbond substituents is 1. The summed E-state index contributed by atoms with van der Waals surface area (Å²) in [5, 5.41) is 26.9. The highest BCUT2D eigenvalue weighted by Crippen LogP contribution is 2.24. The summed E-state index contributed by atoms with van der Waals surface area (Å²) in [5.41, 5.74) is 0.806. The van der Waals surface area contributed by atoms with Gasteiger partial charge in [0.15, 0.2) is 11.9 Å². The molecule has 2 unspecified atom stereocenters. The molecule has 1 heterocycles. The molecule has 2 aromatic carbocycles. The van der Waals surface area contributed by atoms with Gasteiger partial charge >= 0.3 is 5.97 Å². The van der Waals surface area contributed by atoms with Gasteiger partial charge in [-0.15, -0.1) is 0 Å². The van der Waals surface area contributed by atoms with Gasteiger partial charge in [0, 0.05) is 12.3 Å². The molecule has 3 rings (SSSR count). The van der Waals surface area contributed by atoms with Gasteiger partial charge in [-0.2, -0.15) is 0 Å². The maximum atomic E-state index is 13.7. The van der Waals surface area contributed by atoms with Crippen molar-refractivity contribution in [3.63, 3.8) is 0 Å². The summed E-state index contributed by atoms with van der Waals surface area (Å²) in [6.07, 6.45) is -1.74. The predicted molar refractivity (Wildman–Crippen MR) is 145 cm³/mol. The topological polar surface area (TPSA) is 142 Å². The molecule has 1 saturated heterocycles.